The van der Waals surface area contributed by atoms with E-state index < -0.39 is 17.3 Å². The minimum Gasteiger partial charge on any atom is -0.489 e. The number of likely N-dealkylation sites (N-methyl/N-ethyl adjacent to an activating group) is 1. The van der Waals surface area contributed by atoms with Crippen molar-refractivity contribution in [2.75, 3.05) is 40.3 Å². The second-order valence-corrected chi connectivity index (χ2v) is 14.4. The van der Waals surface area contributed by atoms with Gasteiger partial charge in [-0.15, -0.1) is 0 Å². The number of amides is 1. The summed E-state index contributed by atoms with van der Waals surface area (Å²) in [6.07, 6.45) is 1.90. The number of benzene rings is 2. The summed E-state index contributed by atoms with van der Waals surface area (Å²) in [6.45, 7) is 9.54. The number of ether oxygens (including phenoxy) is 3. The lowest BCUT2D eigenvalue weighted by Crippen LogP contribution is -2.61. The fourth-order valence-electron chi connectivity index (χ4n) is 5.78. The Labute approximate surface area is 268 Å². The first-order valence-corrected chi connectivity index (χ1v) is 15.9. The van der Waals surface area contributed by atoms with Gasteiger partial charge in [0.05, 0.1) is 27.2 Å². The second kappa shape index (κ2) is 13.7. The number of aliphatic carboxylic acids is 1. The van der Waals surface area contributed by atoms with Crippen LogP contribution in [0.5, 0.6) is 5.75 Å². The average Bonchev–Trinajstić information content (AvgIpc) is 3.50. The average molecular weight is 682 g/mol. The van der Waals surface area contributed by atoms with Crippen LogP contribution in [-0.4, -0.2) is 78.2 Å². The number of carboxylic acids is 1. The highest BCUT2D eigenvalue weighted by Crippen LogP contribution is 2.36. The van der Waals surface area contributed by atoms with E-state index >= 15 is 0 Å². The van der Waals surface area contributed by atoms with Crippen molar-refractivity contribution in [2.24, 2.45) is 5.92 Å². The molecular formula is C32H44BrClN3O6+. The molecule has 4 rings (SSSR count). The molecule has 2 unspecified atom stereocenters. The van der Waals surface area contributed by atoms with Crippen LogP contribution in [0.4, 0.5) is 4.79 Å². The third-order valence-electron chi connectivity index (χ3n) is 8.16. The van der Waals surface area contributed by atoms with Gasteiger partial charge in [-0.25, -0.2) is 9.59 Å². The normalized spacial score (nSPS) is 21.7. The van der Waals surface area contributed by atoms with Gasteiger partial charge in [-0.1, -0.05) is 39.7 Å². The zero-order valence-electron chi connectivity index (χ0n) is 25.8. The number of hydrogen-bond donors (Lipinski definition) is 2. The molecule has 0 aromatic heterocycles. The zero-order valence-corrected chi connectivity index (χ0v) is 28.1. The lowest BCUT2D eigenvalue weighted by Gasteiger charge is -2.39. The molecule has 0 bridgehead atoms. The van der Waals surface area contributed by atoms with Crippen LogP contribution in [0.25, 0.3) is 0 Å². The summed E-state index contributed by atoms with van der Waals surface area (Å²) in [5, 5.41) is 14.3. The SMILES string of the molecule is CC(C)(C)OC(=O)N1CCC(CNCc2cc(COC3(C(=O)O)CCC[N+]3(C)C)cc(OCc3ccc(Cl)cc3Br)c2)C1. The number of rotatable bonds is 11. The number of carbonyl (C=O) groups is 2. The van der Waals surface area contributed by atoms with Crippen molar-refractivity contribution >= 4 is 39.6 Å². The molecular weight excluding hydrogens is 638 g/mol. The van der Waals surface area contributed by atoms with Crippen LogP contribution >= 0.6 is 27.5 Å². The van der Waals surface area contributed by atoms with Crippen molar-refractivity contribution in [1.82, 2.24) is 10.2 Å². The van der Waals surface area contributed by atoms with E-state index in [2.05, 4.69) is 21.2 Å². The summed E-state index contributed by atoms with van der Waals surface area (Å²) in [5.41, 5.74) is 0.997. The molecule has 2 heterocycles. The van der Waals surface area contributed by atoms with Gasteiger partial charge < -0.3 is 29.5 Å². The van der Waals surface area contributed by atoms with Gasteiger partial charge in [-0.05, 0) is 68.5 Å². The number of halogens is 2. The van der Waals surface area contributed by atoms with Crippen LogP contribution in [-0.2, 0) is 34.0 Å². The Hall–Kier alpha value is -2.37. The third-order valence-corrected chi connectivity index (χ3v) is 9.13. The summed E-state index contributed by atoms with van der Waals surface area (Å²) < 4.78 is 19.1. The van der Waals surface area contributed by atoms with Crippen LogP contribution in [0.3, 0.4) is 0 Å². The summed E-state index contributed by atoms with van der Waals surface area (Å²) in [5.74, 6) is 0.0601. The van der Waals surface area contributed by atoms with Gasteiger partial charge in [0.1, 0.15) is 18.0 Å². The van der Waals surface area contributed by atoms with E-state index in [9.17, 15) is 14.7 Å². The van der Waals surface area contributed by atoms with Gasteiger partial charge in [0.25, 0.3) is 0 Å². The zero-order chi connectivity index (χ0) is 31.4. The maximum atomic E-state index is 12.5. The fourth-order valence-corrected chi connectivity index (χ4v) is 6.58. The van der Waals surface area contributed by atoms with Crippen molar-refractivity contribution in [2.45, 2.75) is 71.1 Å². The first-order valence-electron chi connectivity index (χ1n) is 14.8. The number of carbonyl (C=O) groups excluding carboxylic acids is 1. The number of carboxylic acid groups (broad SMARTS) is 1. The number of nitrogens with zero attached hydrogens (tertiary/aromatic N) is 2. The van der Waals surface area contributed by atoms with Gasteiger partial charge in [-0.3, -0.25) is 4.48 Å². The topological polar surface area (TPSA) is 97.3 Å². The largest absolute Gasteiger partial charge is 0.489 e. The minimum absolute atomic E-state index is 0.149. The Morgan fingerprint density at radius 1 is 1.16 bits per heavy atom. The van der Waals surface area contributed by atoms with Crippen LogP contribution in [0.1, 0.15) is 56.7 Å². The molecule has 2 aromatic rings. The highest BCUT2D eigenvalue weighted by molar-refractivity contribution is 9.10. The lowest BCUT2D eigenvalue weighted by atomic mass is 10.1. The minimum atomic E-state index is -1.29. The Morgan fingerprint density at radius 3 is 2.56 bits per heavy atom. The van der Waals surface area contributed by atoms with Crippen LogP contribution in [0.15, 0.2) is 40.9 Å². The van der Waals surface area contributed by atoms with E-state index in [0.717, 1.165) is 47.1 Å². The van der Waals surface area contributed by atoms with Crippen molar-refractivity contribution < 1.29 is 33.4 Å². The van der Waals surface area contributed by atoms with E-state index in [1.165, 1.54) is 0 Å². The van der Waals surface area contributed by atoms with Gasteiger partial charge in [0, 0.05) is 54.1 Å². The standard InChI is InChI=1S/C32H43BrClN3O6/c1-31(2,3)43-30(40)36-11-9-22(19-36)17-35-18-23-13-24(20-42-32(29(38)39)10-6-12-37(32,4)5)15-27(14-23)41-21-25-7-8-26(34)16-28(25)33/h7-8,13-16,22,35H,6,9-12,17-21H2,1-5H3/p+1. The fraction of sp³-hybridized carbons (Fsp3) is 0.562. The van der Waals surface area contributed by atoms with Crippen LogP contribution in [0.2, 0.25) is 5.02 Å². The Morgan fingerprint density at radius 2 is 1.91 bits per heavy atom. The Kier molecular flexibility index (Phi) is 10.7. The molecule has 2 N–H and O–H groups in total. The molecule has 2 saturated heterocycles. The molecule has 236 valence electrons. The highest BCUT2D eigenvalue weighted by Gasteiger charge is 2.58. The molecule has 2 aromatic carbocycles. The predicted molar refractivity (Wildman–Crippen MR) is 169 cm³/mol. The quantitative estimate of drug-likeness (QED) is 0.273. The maximum Gasteiger partial charge on any atom is 0.410 e. The lowest BCUT2D eigenvalue weighted by molar-refractivity contribution is -0.944. The number of likely N-dealkylation sites (tertiary alicyclic amines) is 2. The summed E-state index contributed by atoms with van der Waals surface area (Å²) >= 11 is 9.65. The molecule has 2 fully saturated rings. The Balaban J connectivity index is 1.44. The molecule has 43 heavy (non-hydrogen) atoms. The van der Waals surface area contributed by atoms with E-state index in [0.29, 0.717) is 49.4 Å². The smallest absolute Gasteiger partial charge is 0.410 e. The van der Waals surface area contributed by atoms with E-state index in [4.69, 9.17) is 25.8 Å². The number of quaternary nitrogens is 1. The van der Waals surface area contributed by atoms with Gasteiger partial charge in [-0.2, -0.15) is 0 Å². The number of nitrogens with one attached hydrogen (secondary N) is 1. The molecule has 0 saturated carbocycles. The Bertz CT molecular complexity index is 1320. The molecule has 9 nitrogen and oxygen atoms in total. The molecule has 2 aliphatic heterocycles. The van der Waals surface area contributed by atoms with Crippen molar-refractivity contribution in [3.8, 4) is 5.75 Å². The molecule has 0 spiro atoms. The van der Waals surface area contributed by atoms with Crippen LogP contribution in [0, 0.1) is 5.92 Å². The molecule has 0 radical (unpaired) electrons. The molecule has 0 aliphatic carbocycles. The van der Waals surface area contributed by atoms with Crippen molar-refractivity contribution in [1.29, 1.82) is 0 Å². The number of hydrogen-bond acceptors (Lipinski definition) is 6. The second-order valence-electron chi connectivity index (χ2n) is 13.1. The molecule has 1 amide bonds. The molecule has 2 aliphatic rings. The summed E-state index contributed by atoms with van der Waals surface area (Å²) in [6, 6.07) is 11.5. The van der Waals surface area contributed by atoms with Crippen LogP contribution < -0.4 is 10.1 Å². The van der Waals surface area contributed by atoms with Crippen molar-refractivity contribution in [3.63, 3.8) is 0 Å². The monoisotopic (exact) mass is 680 g/mol. The first kappa shape index (κ1) is 33.5. The van der Waals surface area contributed by atoms with Gasteiger partial charge in [0.2, 0.25) is 0 Å². The highest BCUT2D eigenvalue weighted by atomic mass is 79.9. The predicted octanol–water partition coefficient (Wildman–Crippen LogP) is 6.20. The van der Waals surface area contributed by atoms with Gasteiger partial charge >= 0.3 is 17.8 Å². The third kappa shape index (κ3) is 8.63. The summed E-state index contributed by atoms with van der Waals surface area (Å²) in [4.78, 5) is 26.6. The van der Waals surface area contributed by atoms with E-state index in [1.807, 2.05) is 71.3 Å². The maximum absolute atomic E-state index is 12.5. The molecule has 2 atom stereocenters. The van der Waals surface area contributed by atoms with E-state index in [-0.39, 0.29) is 17.2 Å². The molecule has 11 heteroatoms. The van der Waals surface area contributed by atoms with Gasteiger partial charge in [0.15, 0.2) is 0 Å². The van der Waals surface area contributed by atoms with E-state index in [1.54, 1.807) is 4.90 Å². The summed E-state index contributed by atoms with van der Waals surface area (Å²) in [7, 11) is 3.82. The van der Waals surface area contributed by atoms with Crippen molar-refractivity contribution in [3.05, 3.63) is 62.6 Å². The first-order chi connectivity index (χ1) is 20.2.